The first-order chi connectivity index (χ1) is 8.79. The van der Waals surface area contributed by atoms with Crippen LogP contribution in [0.4, 0.5) is 5.82 Å². The highest BCUT2D eigenvalue weighted by Crippen LogP contribution is 2.17. The third kappa shape index (κ3) is 3.28. The van der Waals surface area contributed by atoms with E-state index >= 15 is 0 Å². The van der Waals surface area contributed by atoms with E-state index in [9.17, 15) is 0 Å². The van der Waals surface area contributed by atoms with E-state index < -0.39 is 0 Å². The van der Waals surface area contributed by atoms with Crippen LogP contribution in [0.5, 0.6) is 0 Å². The molecule has 0 amide bonds. The predicted molar refractivity (Wildman–Crippen MR) is 74.6 cm³/mol. The van der Waals surface area contributed by atoms with E-state index in [1.807, 2.05) is 31.3 Å². The minimum absolute atomic E-state index is 0.807. The van der Waals surface area contributed by atoms with Crippen molar-refractivity contribution < 1.29 is 0 Å². The van der Waals surface area contributed by atoms with E-state index in [1.54, 1.807) is 0 Å². The van der Waals surface area contributed by atoms with Gasteiger partial charge in [-0.15, -0.1) is 10.2 Å². The molecule has 94 valence electrons. The summed E-state index contributed by atoms with van der Waals surface area (Å²) < 4.78 is 0. The maximum atomic E-state index is 4.24. The van der Waals surface area contributed by atoms with Crippen LogP contribution in [0.25, 0.3) is 11.3 Å². The summed E-state index contributed by atoms with van der Waals surface area (Å²) in [6.07, 6.45) is 0. The topological polar surface area (TPSA) is 49.8 Å². The van der Waals surface area contributed by atoms with Crippen LogP contribution >= 0.6 is 0 Å². The van der Waals surface area contributed by atoms with Gasteiger partial charge in [-0.2, -0.15) is 0 Å². The molecule has 2 rings (SSSR count). The third-order valence-electron chi connectivity index (χ3n) is 2.66. The molecular formula is C14H18N4. The average molecular weight is 242 g/mol. The van der Waals surface area contributed by atoms with E-state index in [4.69, 9.17) is 0 Å². The summed E-state index contributed by atoms with van der Waals surface area (Å²) in [5.41, 5.74) is 3.23. The average Bonchev–Trinajstić information content (AvgIpc) is 2.40. The number of aryl methyl sites for hydroxylation is 1. The second kappa shape index (κ2) is 6.12. The third-order valence-corrected chi connectivity index (χ3v) is 2.66. The number of rotatable bonds is 5. The second-order valence-electron chi connectivity index (χ2n) is 4.20. The molecule has 2 aromatic rings. The van der Waals surface area contributed by atoms with Crippen LogP contribution in [0.3, 0.4) is 0 Å². The van der Waals surface area contributed by atoms with Gasteiger partial charge in [0, 0.05) is 18.7 Å². The van der Waals surface area contributed by atoms with Crippen LogP contribution in [0.1, 0.15) is 5.56 Å². The molecule has 0 radical (unpaired) electrons. The molecule has 1 heterocycles. The van der Waals surface area contributed by atoms with Gasteiger partial charge in [0.2, 0.25) is 0 Å². The van der Waals surface area contributed by atoms with Gasteiger partial charge in [-0.25, -0.2) is 0 Å². The van der Waals surface area contributed by atoms with Crippen LogP contribution in [0.2, 0.25) is 0 Å². The van der Waals surface area contributed by atoms with Crippen molar-refractivity contribution in [3.8, 4) is 11.3 Å². The quantitative estimate of drug-likeness (QED) is 0.788. The van der Waals surface area contributed by atoms with Gasteiger partial charge in [0.05, 0.1) is 5.69 Å². The number of likely N-dealkylation sites (N-methyl/N-ethyl adjacent to an activating group) is 1. The lowest BCUT2D eigenvalue weighted by Gasteiger charge is -2.05. The summed E-state index contributed by atoms with van der Waals surface area (Å²) in [5, 5.41) is 14.7. The van der Waals surface area contributed by atoms with Crippen LogP contribution < -0.4 is 10.6 Å². The first-order valence-corrected chi connectivity index (χ1v) is 6.09. The maximum absolute atomic E-state index is 4.24. The van der Waals surface area contributed by atoms with Crippen molar-refractivity contribution in [3.63, 3.8) is 0 Å². The van der Waals surface area contributed by atoms with Gasteiger partial charge in [0.15, 0.2) is 0 Å². The molecule has 0 aliphatic carbocycles. The van der Waals surface area contributed by atoms with Crippen LogP contribution in [-0.4, -0.2) is 30.3 Å². The van der Waals surface area contributed by atoms with Crippen LogP contribution in [-0.2, 0) is 0 Å². The lowest BCUT2D eigenvalue weighted by molar-refractivity contribution is 0.818. The highest BCUT2D eigenvalue weighted by atomic mass is 15.2. The van der Waals surface area contributed by atoms with Crippen molar-refractivity contribution >= 4 is 5.82 Å². The normalized spacial score (nSPS) is 10.3. The summed E-state index contributed by atoms with van der Waals surface area (Å²) in [6.45, 7) is 3.82. The van der Waals surface area contributed by atoms with E-state index in [-0.39, 0.29) is 0 Å². The number of nitrogens with zero attached hydrogens (tertiary/aromatic N) is 2. The van der Waals surface area contributed by atoms with E-state index in [0.29, 0.717) is 0 Å². The molecule has 0 saturated heterocycles. The number of anilines is 1. The largest absolute Gasteiger partial charge is 0.367 e. The van der Waals surface area contributed by atoms with E-state index in [2.05, 4.69) is 39.9 Å². The highest BCUT2D eigenvalue weighted by Gasteiger charge is 2.00. The van der Waals surface area contributed by atoms with Gasteiger partial charge in [0.1, 0.15) is 5.82 Å². The molecule has 4 heteroatoms. The summed E-state index contributed by atoms with van der Waals surface area (Å²) in [7, 11) is 1.92. The predicted octanol–water partition coefficient (Wildman–Crippen LogP) is 2.08. The molecule has 1 aromatic carbocycles. The summed E-state index contributed by atoms with van der Waals surface area (Å²) >= 11 is 0. The SMILES string of the molecule is CNCCNc1ccc(-c2cccc(C)c2)nn1. The summed E-state index contributed by atoms with van der Waals surface area (Å²) in [4.78, 5) is 0. The van der Waals surface area contributed by atoms with E-state index in [0.717, 1.165) is 30.2 Å². The Morgan fingerprint density at radius 1 is 1.06 bits per heavy atom. The monoisotopic (exact) mass is 242 g/mol. The highest BCUT2D eigenvalue weighted by molar-refractivity contribution is 5.60. The Hall–Kier alpha value is -1.94. The number of nitrogens with one attached hydrogen (secondary N) is 2. The first kappa shape index (κ1) is 12.5. The zero-order chi connectivity index (χ0) is 12.8. The molecule has 4 nitrogen and oxygen atoms in total. The Bertz CT molecular complexity index is 493. The molecule has 0 unspecified atom stereocenters. The van der Waals surface area contributed by atoms with Crippen LogP contribution in [0, 0.1) is 6.92 Å². The Labute approximate surface area is 107 Å². The smallest absolute Gasteiger partial charge is 0.148 e. The Morgan fingerprint density at radius 2 is 1.94 bits per heavy atom. The maximum Gasteiger partial charge on any atom is 0.148 e. The standard InChI is InChI=1S/C14H18N4/c1-11-4-3-5-12(10-11)13-6-7-14(18-17-13)16-9-8-15-2/h3-7,10,15H,8-9H2,1-2H3,(H,16,18). The molecule has 2 N–H and O–H groups in total. The molecule has 0 spiro atoms. The van der Waals surface area contributed by atoms with Crippen molar-refractivity contribution in [2.45, 2.75) is 6.92 Å². The Morgan fingerprint density at radius 3 is 2.61 bits per heavy atom. The first-order valence-electron chi connectivity index (χ1n) is 6.09. The fourth-order valence-corrected chi connectivity index (χ4v) is 1.70. The summed E-state index contributed by atoms with van der Waals surface area (Å²) in [6, 6.07) is 12.2. The van der Waals surface area contributed by atoms with Crippen molar-refractivity contribution in [2.24, 2.45) is 0 Å². The number of aromatic nitrogens is 2. The number of hydrogen-bond acceptors (Lipinski definition) is 4. The van der Waals surface area contributed by atoms with Crippen molar-refractivity contribution in [3.05, 3.63) is 42.0 Å². The zero-order valence-corrected chi connectivity index (χ0v) is 10.8. The fourth-order valence-electron chi connectivity index (χ4n) is 1.70. The summed E-state index contributed by atoms with van der Waals surface area (Å²) in [5.74, 6) is 0.807. The fraction of sp³-hybridized carbons (Fsp3) is 0.286. The molecule has 18 heavy (non-hydrogen) atoms. The van der Waals surface area contributed by atoms with Gasteiger partial charge in [-0.1, -0.05) is 23.8 Å². The molecule has 0 atom stereocenters. The lowest BCUT2D eigenvalue weighted by Crippen LogP contribution is -2.18. The molecule has 0 aliphatic rings. The molecular weight excluding hydrogens is 224 g/mol. The van der Waals surface area contributed by atoms with E-state index in [1.165, 1.54) is 5.56 Å². The van der Waals surface area contributed by atoms with Crippen LogP contribution in [0.15, 0.2) is 36.4 Å². The van der Waals surface area contributed by atoms with Gasteiger partial charge in [-0.3, -0.25) is 0 Å². The number of benzene rings is 1. The van der Waals surface area contributed by atoms with Gasteiger partial charge in [0.25, 0.3) is 0 Å². The minimum Gasteiger partial charge on any atom is -0.367 e. The molecule has 0 fully saturated rings. The molecule has 0 saturated carbocycles. The van der Waals surface area contributed by atoms with Crippen molar-refractivity contribution in [1.82, 2.24) is 15.5 Å². The van der Waals surface area contributed by atoms with Gasteiger partial charge in [-0.05, 0) is 32.2 Å². The molecule has 0 bridgehead atoms. The lowest BCUT2D eigenvalue weighted by atomic mass is 10.1. The second-order valence-corrected chi connectivity index (χ2v) is 4.20. The van der Waals surface area contributed by atoms with Gasteiger partial charge < -0.3 is 10.6 Å². The van der Waals surface area contributed by atoms with Crippen molar-refractivity contribution in [2.75, 3.05) is 25.5 Å². The Balaban J connectivity index is 2.07. The Kier molecular flexibility index (Phi) is 4.25. The zero-order valence-electron chi connectivity index (χ0n) is 10.8. The number of hydrogen-bond donors (Lipinski definition) is 2. The molecule has 0 aliphatic heterocycles. The van der Waals surface area contributed by atoms with Crippen molar-refractivity contribution in [1.29, 1.82) is 0 Å². The van der Waals surface area contributed by atoms with Gasteiger partial charge >= 0.3 is 0 Å². The molecule has 1 aromatic heterocycles. The minimum atomic E-state index is 0.807.